The summed E-state index contributed by atoms with van der Waals surface area (Å²) in [5.41, 5.74) is 17.8. The molecule has 10 aromatic carbocycles. The summed E-state index contributed by atoms with van der Waals surface area (Å²) in [5.74, 6) is 0.649. The average molecular weight is 884 g/mol. The van der Waals surface area contributed by atoms with Crippen molar-refractivity contribution in [2.24, 2.45) is 0 Å². The van der Waals surface area contributed by atoms with Gasteiger partial charge in [0.15, 0.2) is 5.78 Å². The summed E-state index contributed by atoms with van der Waals surface area (Å²) < 4.78 is 7.06. The molecule has 14 rings (SSSR count). The monoisotopic (exact) mass is 883 g/mol. The minimum absolute atomic E-state index is 0.0167. The molecule has 0 N–H and O–H groups in total. The van der Waals surface area contributed by atoms with Crippen LogP contribution in [0.5, 0.6) is 0 Å². The molecular formula is C65H45N3O. The zero-order valence-corrected chi connectivity index (χ0v) is 38.1. The summed E-state index contributed by atoms with van der Waals surface area (Å²) in [6.45, 7) is 2.39. The minimum Gasteiger partial charge on any atom is -0.309 e. The Balaban J connectivity index is 0.902. The Morgan fingerprint density at radius 2 is 0.841 bits per heavy atom. The van der Waals surface area contributed by atoms with Gasteiger partial charge in [0.1, 0.15) is 0 Å². The zero-order chi connectivity index (χ0) is 45.7. The molecule has 3 heterocycles. The van der Waals surface area contributed by atoms with Crippen molar-refractivity contribution in [3.05, 3.63) is 258 Å². The number of rotatable bonds is 6. The second-order valence-electron chi connectivity index (χ2n) is 18.8. The number of hydrogen-bond donors (Lipinski definition) is 0. The first kappa shape index (κ1) is 39.4. The van der Waals surface area contributed by atoms with Crippen molar-refractivity contribution in [2.75, 3.05) is 0 Å². The smallest absolute Gasteiger partial charge is 0.193 e. The first-order valence-corrected chi connectivity index (χ1v) is 24.0. The molecule has 1 aliphatic carbocycles. The number of carbonyl (C=O) groups excluding carboxylic acids is 1. The van der Waals surface area contributed by atoms with Gasteiger partial charge in [-0.05, 0) is 125 Å². The summed E-state index contributed by atoms with van der Waals surface area (Å²) in [6.07, 6.45) is 0.925. The fourth-order valence-electron chi connectivity index (χ4n) is 11.9. The van der Waals surface area contributed by atoms with Gasteiger partial charge in [-0.3, -0.25) is 4.79 Å². The first-order valence-electron chi connectivity index (χ1n) is 24.0. The van der Waals surface area contributed by atoms with E-state index in [1.807, 2.05) is 24.3 Å². The van der Waals surface area contributed by atoms with Gasteiger partial charge in [0.25, 0.3) is 0 Å². The number of fused-ring (bicyclic) bond motifs is 12. The summed E-state index contributed by atoms with van der Waals surface area (Å²) in [7, 11) is 0. The summed E-state index contributed by atoms with van der Waals surface area (Å²) in [4.78, 5) is 14.9. The average Bonchev–Trinajstić information content (AvgIpc) is 4.01. The molecule has 4 nitrogen and oxygen atoms in total. The maximum absolute atomic E-state index is 14.9. The van der Waals surface area contributed by atoms with E-state index in [4.69, 9.17) is 0 Å². The van der Waals surface area contributed by atoms with Gasteiger partial charge in [-0.2, -0.15) is 0 Å². The highest BCUT2D eigenvalue weighted by Crippen LogP contribution is 2.48. The van der Waals surface area contributed by atoms with E-state index in [9.17, 15) is 4.79 Å². The molecule has 4 heteroatoms. The van der Waals surface area contributed by atoms with Crippen molar-refractivity contribution < 1.29 is 4.79 Å². The van der Waals surface area contributed by atoms with E-state index in [-0.39, 0.29) is 5.78 Å². The molecule has 0 amide bonds. The van der Waals surface area contributed by atoms with Crippen molar-refractivity contribution in [3.8, 4) is 28.2 Å². The SMILES string of the molecule is CC1c2ccccc2-c2cc3c4ccccc4n(-c4cccc(C(=O)c5cccc(-n6c7ccccc7c7cc8c9ccccc9n(-c9ccccc9)c8cc76)c5)c4)c3cc2CC1c1ccccc1. The van der Waals surface area contributed by atoms with Gasteiger partial charge in [0, 0.05) is 60.5 Å². The second-order valence-corrected chi connectivity index (χ2v) is 18.8. The van der Waals surface area contributed by atoms with Crippen LogP contribution >= 0.6 is 0 Å². The highest BCUT2D eigenvalue weighted by Gasteiger charge is 2.30. The van der Waals surface area contributed by atoms with Gasteiger partial charge in [-0.15, -0.1) is 0 Å². The van der Waals surface area contributed by atoms with E-state index >= 15 is 0 Å². The molecule has 0 aliphatic heterocycles. The predicted octanol–water partition coefficient (Wildman–Crippen LogP) is 16.3. The van der Waals surface area contributed by atoms with Gasteiger partial charge in [-0.25, -0.2) is 0 Å². The van der Waals surface area contributed by atoms with Crippen molar-refractivity contribution in [1.29, 1.82) is 0 Å². The summed E-state index contributed by atoms with van der Waals surface area (Å²) in [6, 6.07) is 82.5. The standard InChI is InChI=1S/C65H45N3O/c1-41-49-26-8-9-27-50(49)55-38-56-51-28-11-14-32-60(51)67(62(56)37-45(55)36-54(41)42-18-4-2-5-19-42)47-24-16-20-43(34-47)65(69)44-21-17-25-48(35-44)68-61-33-15-12-30-53(61)58-39-57-52-29-10-13-31-59(52)66(63(57)40-64(58)68)46-22-6-3-7-23-46/h2-35,37-41,54H,36H2,1H3. The Bertz CT molecular complexity index is 4210. The molecule has 0 bridgehead atoms. The Hall–Kier alpha value is -8.73. The van der Waals surface area contributed by atoms with Crippen LogP contribution in [0.25, 0.3) is 93.6 Å². The third-order valence-corrected chi connectivity index (χ3v) is 15.1. The molecule has 0 saturated carbocycles. The molecule has 0 fully saturated rings. The zero-order valence-electron chi connectivity index (χ0n) is 38.1. The highest BCUT2D eigenvalue weighted by atomic mass is 16.1. The van der Waals surface area contributed by atoms with Gasteiger partial charge >= 0.3 is 0 Å². The molecule has 69 heavy (non-hydrogen) atoms. The molecule has 2 unspecified atom stereocenters. The lowest BCUT2D eigenvalue weighted by molar-refractivity contribution is 0.103. The number of para-hydroxylation sites is 4. The van der Waals surface area contributed by atoms with Crippen LogP contribution in [0.1, 0.15) is 51.4 Å². The molecule has 326 valence electrons. The van der Waals surface area contributed by atoms with Crippen molar-refractivity contribution >= 4 is 71.2 Å². The van der Waals surface area contributed by atoms with Crippen molar-refractivity contribution in [2.45, 2.75) is 25.2 Å². The molecule has 0 radical (unpaired) electrons. The van der Waals surface area contributed by atoms with E-state index in [1.165, 1.54) is 65.7 Å². The summed E-state index contributed by atoms with van der Waals surface area (Å²) in [5, 5.41) is 7.19. The van der Waals surface area contributed by atoms with Crippen molar-refractivity contribution in [3.63, 3.8) is 0 Å². The molecule has 13 aromatic rings. The Morgan fingerprint density at radius 3 is 1.43 bits per heavy atom. The van der Waals surface area contributed by atoms with E-state index in [0.717, 1.165) is 51.1 Å². The lowest BCUT2D eigenvalue weighted by Crippen LogP contribution is -2.10. The van der Waals surface area contributed by atoms with E-state index in [2.05, 4.69) is 227 Å². The lowest BCUT2D eigenvalue weighted by Gasteiger charge is -2.24. The second kappa shape index (κ2) is 15.4. The summed E-state index contributed by atoms with van der Waals surface area (Å²) >= 11 is 0. The number of carbonyl (C=O) groups is 1. The number of benzene rings is 10. The number of hydrogen-bond acceptors (Lipinski definition) is 1. The van der Waals surface area contributed by atoms with Crippen LogP contribution in [0.3, 0.4) is 0 Å². The highest BCUT2D eigenvalue weighted by molar-refractivity contribution is 6.19. The molecule has 0 saturated heterocycles. The molecule has 3 aromatic heterocycles. The van der Waals surface area contributed by atoms with Gasteiger partial charge in [0.05, 0.1) is 33.1 Å². The van der Waals surface area contributed by atoms with Crippen LogP contribution in [-0.2, 0) is 6.42 Å². The Morgan fingerprint density at radius 1 is 0.377 bits per heavy atom. The maximum Gasteiger partial charge on any atom is 0.193 e. The third kappa shape index (κ3) is 6.05. The van der Waals surface area contributed by atoms with Crippen LogP contribution < -0.4 is 0 Å². The number of ketones is 1. The fraction of sp³-hybridized carbons (Fsp3) is 0.0615. The van der Waals surface area contributed by atoms with Crippen LogP contribution in [0.4, 0.5) is 0 Å². The largest absolute Gasteiger partial charge is 0.309 e. The van der Waals surface area contributed by atoms with Crippen LogP contribution in [0.2, 0.25) is 0 Å². The predicted molar refractivity (Wildman–Crippen MR) is 286 cm³/mol. The first-order chi connectivity index (χ1) is 34.1. The van der Waals surface area contributed by atoms with E-state index in [1.54, 1.807) is 0 Å². The Labute approximate surface area is 399 Å². The third-order valence-electron chi connectivity index (χ3n) is 15.1. The van der Waals surface area contributed by atoms with E-state index < -0.39 is 0 Å². The number of aromatic nitrogens is 3. The fourth-order valence-corrected chi connectivity index (χ4v) is 11.9. The number of nitrogens with zero attached hydrogens (tertiary/aromatic N) is 3. The van der Waals surface area contributed by atoms with Crippen LogP contribution in [0.15, 0.2) is 231 Å². The Kier molecular flexibility index (Phi) is 8.81. The molecule has 0 spiro atoms. The van der Waals surface area contributed by atoms with Gasteiger partial charge in [-0.1, -0.05) is 159 Å². The van der Waals surface area contributed by atoms with E-state index in [0.29, 0.717) is 23.0 Å². The van der Waals surface area contributed by atoms with Gasteiger partial charge < -0.3 is 13.7 Å². The molecule has 1 aliphatic rings. The normalized spacial score (nSPS) is 14.7. The lowest BCUT2D eigenvalue weighted by atomic mass is 9.80. The van der Waals surface area contributed by atoms with Crippen LogP contribution in [-0.4, -0.2) is 19.5 Å². The quantitative estimate of drug-likeness (QED) is 0.153. The topological polar surface area (TPSA) is 31.9 Å². The molecular weight excluding hydrogens is 839 g/mol. The maximum atomic E-state index is 14.9. The van der Waals surface area contributed by atoms with Gasteiger partial charge in [0.2, 0.25) is 0 Å². The molecule has 2 atom stereocenters. The van der Waals surface area contributed by atoms with Crippen molar-refractivity contribution in [1.82, 2.24) is 13.7 Å². The minimum atomic E-state index is -0.0167. The van der Waals surface area contributed by atoms with Crippen LogP contribution in [0, 0.1) is 0 Å².